The summed E-state index contributed by atoms with van der Waals surface area (Å²) in [4.78, 5) is 30.8. The van der Waals surface area contributed by atoms with Gasteiger partial charge in [0.15, 0.2) is 0 Å². The maximum Gasteiger partial charge on any atom is 0.437 e. The number of guanidine groups is 1. The summed E-state index contributed by atoms with van der Waals surface area (Å²) in [5.41, 5.74) is 0. The lowest BCUT2D eigenvalue weighted by Gasteiger charge is -2.28. The lowest BCUT2D eigenvalue weighted by molar-refractivity contribution is 0.125. The molecule has 22 heavy (non-hydrogen) atoms. The maximum absolute atomic E-state index is 12.3. The maximum atomic E-state index is 12.3. The molecule has 0 aromatic carbocycles. The average Bonchev–Trinajstić information content (AvgIpc) is 2.44. The highest BCUT2D eigenvalue weighted by Gasteiger charge is 2.22. The van der Waals surface area contributed by atoms with Crippen molar-refractivity contribution in [1.82, 2.24) is 15.1 Å². The second kappa shape index (κ2) is 8.60. The minimum absolute atomic E-state index is 0.203. The Labute approximate surface area is 132 Å². The quantitative estimate of drug-likeness (QED) is 0.628. The van der Waals surface area contributed by atoms with E-state index in [9.17, 15) is 9.59 Å². The zero-order valence-electron chi connectivity index (χ0n) is 14.3. The molecule has 0 saturated heterocycles. The Bertz CT molecular complexity index is 415. The van der Waals surface area contributed by atoms with Crippen LogP contribution in [0.15, 0.2) is 4.99 Å². The van der Waals surface area contributed by atoms with Crippen LogP contribution in [0.5, 0.6) is 0 Å². The highest BCUT2D eigenvalue weighted by atomic mass is 16.6. The summed E-state index contributed by atoms with van der Waals surface area (Å²) in [5, 5.41) is 3.00. The van der Waals surface area contributed by atoms with Gasteiger partial charge >= 0.3 is 12.1 Å². The number of carbonyl (C=O) groups is 2. The smallest absolute Gasteiger partial charge is 0.437 e. The molecule has 1 rings (SSSR count). The number of nitrogens with zero attached hydrogens (tertiary/aromatic N) is 3. The molecule has 0 heterocycles. The van der Waals surface area contributed by atoms with Crippen LogP contribution in [0.2, 0.25) is 0 Å². The van der Waals surface area contributed by atoms with Gasteiger partial charge in [-0.05, 0) is 26.7 Å². The van der Waals surface area contributed by atoms with Gasteiger partial charge < -0.3 is 15.0 Å². The topological polar surface area (TPSA) is 74.2 Å². The molecule has 0 bridgehead atoms. The molecule has 1 fully saturated rings. The first-order valence-corrected chi connectivity index (χ1v) is 7.82. The molecule has 0 aromatic heterocycles. The minimum atomic E-state index is -0.698. The second-order valence-corrected chi connectivity index (χ2v) is 6.08. The van der Waals surface area contributed by atoms with Crippen molar-refractivity contribution in [2.45, 2.75) is 58.1 Å². The van der Waals surface area contributed by atoms with Crippen LogP contribution in [-0.2, 0) is 4.74 Å². The van der Waals surface area contributed by atoms with Gasteiger partial charge in [-0.2, -0.15) is 0 Å². The zero-order valence-corrected chi connectivity index (χ0v) is 14.3. The van der Waals surface area contributed by atoms with Crippen molar-refractivity contribution in [2.24, 2.45) is 4.99 Å². The molecule has 3 amide bonds. The summed E-state index contributed by atoms with van der Waals surface area (Å²) in [5.74, 6) is 0.249. The predicted molar refractivity (Wildman–Crippen MR) is 85.9 cm³/mol. The number of hydrogen-bond acceptors (Lipinski definition) is 3. The monoisotopic (exact) mass is 312 g/mol. The number of rotatable bonds is 2. The van der Waals surface area contributed by atoms with Crippen molar-refractivity contribution in [3.05, 3.63) is 0 Å². The number of hydrogen-bond donors (Lipinski definition) is 1. The van der Waals surface area contributed by atoms with E-state index in [-0.39, 0.29) is 24.1 Å². The first-order valence-electron chi connectivity index (χ1n) is 7.82. The lowest BCUT2D eigenvalue weighted by atomic mass is 9.96. The van der Waals surface area contributed by atoms with E-state index in [0.29, 0.717) is 0 Å². The number of nitrogens with one attached hydrogen (secondary N) is 1. The van der Waals surface area contributed by atoms with Crippen LogP contribution in [0.25, 0.3) is 0 Å². The molecule has 126 valence electrons. The van der Waals surface area contributed by atoms with Crippen molar-refractivity contribution >= 4 is 18.1 Å². The number of ether oxygens (including phenoxy) is 1. The standard InChI is InChI=1S/C15H28N4O3/c1-11(2)22-15(21)17-13(18(3)4)19(5)14(20)16-12-9-7-6-8-10-12/h11-12H,6-10H2,1-5H3,(H,16,20)/b17-13-. The molecule has 0 spiro atoms. The molecule has 0 atom stereocenters. The summed E-state index contributed by atoms with van der Waals surface area (Å²) < 4.78 is 5.00. The number of aliphatic imine (C=N–C) groups is 1. The van der Waals surface area contributed by atoms with E-state index < -0.39 is 6.09 Å². The highest BCUT2D eigenvalue weighted by Crippen LogP contribution is 2.17. The molecule has 0 radical (unpaired) electrons. The molecular formula is C15H28N4O3. The van der Waals surface area contributed by atoms with Crippen LogP contribution in [0.1, 0.15) is 46.0 Å². The minimum Gasteiger partial charge on any atom is -0.445 e. The third kappa shape index (κ3) is 5.91. The van der Waals surface area contributed by atoms with E-state index in [1.807, 2.05) is 0 Å². The van der Waals surface area contributed by atoms with E-state index >= 15 is 0 Å². The first kappa shape index (κ1) is 18.3. The van der Waals surface area contributed by atoms with Crippen LogP contribution in [0.4, 0.5) is 9.59 Å². The van der Waals surface area contributed by atoms with Crippen LogP contribution >= 0.6 is 0 Å². The molecule has 0 aromatic rings. The second-order valence-electron chi connectivity index (χ2n) is 6.08. The van der Waals surface area contributed by atoms with Gasteiger partial charge in [0.2, 0.25) is 5.96 Å². The van der Waals surface area contributed by atoms with Gasteiger partial charge in [-0.3, -0.25) is 4.90 Å². The Balaban J connectivity index is 2.70. The Kier molecular flexibility index (Phi) is 7.14. The van der Waals surface area contributed by atoms with Crippen LogP contribution in [0, 0.1) is 0 Å². The van der Waals surface area contributed by atoms with Gasteiger partial charge in [0.25, 0.3) is 0 Å². The summed E-state index contributed by atoms with van der Waals surface area (Å²) in [7, 11) is 5.05. The predicted octanol–water partition coefficient (Wildman–Crippen LogP) is 2.42. The van der Waals surface area contributed by atoms with E-state index in [0.717, 1.165) is 25.7 Å². The van der Waals surface area contributed by atoms with Gasteiger partial charge in [-0.1, -0.05) is 19.3 Å². The fourth-order valence-corrected chi connectivity index (χ4v) is 2.39. The van der Waals surface area contributed by atoms with E-state index in [1.54, 1.807) is 39.9 Å². The van der Waals surface area contributed by atoms with Gasteiger partial charge in [0.05, 0.1) is 6.10 Å². The van der Waals surface area contributed by atoms with Crippen molar-refractivity contribution in [2.75, 3.05) is 21.1 Å². The van der Waals surface area contributed by atoms with Gasteiger partial charge in [-0.25, -0.2) is 9.59 Å². The molecule has 1 aliphatic rings. The third-order valence-electron chi connectivity index (χ3n) is 3.47. The van der Waals surface area contributed by atoms with Crippen molar-refractivity contribution in [1.29, 1.82) is 0 Å². The molecule has 0 unspecified atom stereocenters. The van der Waals surface area contributed by atoms with Gasteiger partial charge in [0.1, 0.15) is 0 Å². The molecule has 7 nitrogen and oxygen atoms in total. The number of carbonyl (C=O) groups excluding carboxylic acids is 2. The fraction of sp³-hybridized carbons (Fsp3) is 0.800. The molecule has 1 aliphatic carbocycles. The zero-order chi connectivity index (χ0) is 16.7. The summed E-state index contributed by atoms with van der Waals surface area (Å²) in [6, 6.07) is -0.0496. The van der Waals surface area contributed by atoms with Crippen LogP contribution in [-0.4, -0.2) is 61.2 Å². The number of amides is 3. The van der Waals surface area contributed by atoms with Crippen LogP contribution in [0.3, 0.4) is 0 Å². The van der Waals surface area contributed by atoms with Crippen LogP contribution < -0.4 is 5.32 Å². The summed E-state index contributed by atoms with van der Waals surface area (Å²) in [6.45, 7) is 3.50. The van der Waals surface area contributed by atoms with Crippen molar-refractivity contribution in [3.63, 3.8) is 0 Å². The average molecular weight is 312 g/mol. The fourth-order valence-electron chi connectivity index (χ4n) is 2.39. The largest absolute Gasteiger partial charge is 0.445 e. The van der Waals surface area contributed by atoms with Gasteiger partial charge in [0, 0.05) is 27.2 Å². The van der Waals surface area contributed by atoms with E-state index in [2.05, 4.69) is 10.3 Å². The van der Waals surface area contributed by atoms with Gasteiger partial charge in [-0.15, -0.1) is 4.99 Å². The normalized spacial score (nSPS) is 16.4. The Morgan fingerprint density at radius 3 is 2.23 bits per heavy atom. The molecule has 7 heteroatoms. The third-order valence-corrected chi connectivity index (χ3v) is 3.47. The Morgan fingerprint density at radius 1 is 1.14 bits per heavy atom. The SMILES string of the molecule is CC(C)OC(=O)/N=C(/N(C)C)N(C)C(=O)NC1CCCCC1. The molecular weight excluding hydrogens is 284 g/mol. The molecule has 0 aliphatic heterocycles. The lowest BCUT2D eigenvalue weighted by Crippen LogP contribution is -2.50. The molecule has 1 N–H and O–H groups in total. The van der Waals surface area contributed by atoms with Crippen molar-refractivity contribution in [3.8, 4) is 0 Å². The number of urea groups is 1. The first-order chi connectivity index (χ1) is 10.3. The molecule has 1 saturated carbocycles. The highest BCUT2D eigenvalue weighted by molar-refractivity contribution is 6.00. The Hall–Kier alpha value is -1.79. The van der Waals surface area contributed by atoms with E-state index in [4.69, 9.17) is 4.74 Å². The Morgan fingerprint density at radius 2 is 1.73 bits per heavy atom. The van der Waals surface area contributed by atoms with Crippen molar-refractivity contribution < 1.29 is 14.3 Å². The van der Waals surface area contributed by atoms with E-state index in [1.165, 1.54) is 11.3 Å². The summed E-state index contributed by atoms with van der Waals surface area (Å²) in [6.07, 6.45) is 4.58. The summed E-state index contributed by atoms with van der Waals surface area (Å²) >= 11 is 0.